The van der Waals surface area contributed by atoms with Crippen molar-refractivity contribution in [3.8, 4) is 6.07 Å². The molecule has 0 unspecified atom stereocenters. The summed E-state index contributed by atoms with van der Waals surface area (Å²) in [6, 6.07) is 22.5. The van der Waals surface area contributed by atoms with E-state index >= 15 is 0 Å². The van der Waals surface area contributed by atoms with Gasteiger partial charge in [-0.15, -0.1) is 0 Å². The maximum atomic E-state index is 13.2. The zero-order valence-electron chi connectivity index (χ0n) is 18.8. The summed E-state index contributed by atoms with van der Waals surface area (Å²) in [6.07, 6.45) is 0.676. The Morgan fingerprint density at radius 3 is 2.47 bits per heavy atom. The molecular formula is C26H25Cl2N3O2S. The minimum absolute atomic E-state index is 0.0206. The summed E-state index contributed by atoms with van der Waals surface area (Å²) in [7, 11) is -3.46. The molecule has 0 radical (unpaired) electrons. The second kappa shape index (κ2) is 10.4. The van der Waals surface area contributed by atoms with Crippen LogP contribution in [0.4, 0.5) is 5.69 Å². The highest BCUT2D eigenvalue weighted by Crippen LogP contribution is 2.31. The highest BCUT2D eigenvalue weighted by Gasteiger charge is 2.35. The van der Waals surface area contributed by atoms with Gasteiger partial charge in [-0.05, 0) is 48.7 Å². The zero-order valence-corrected chi connectivity index (χ0v) is 21.1. The summed E-state index contributed by atoms with van der Waals surface area (Å²) < 4.78 is 27.9. The average Bonchev–Trinajstić information content (AvgIpc) is 3.31. The van der Waals surface area contributed by atoms with E-state index in [1.165, 1.54) is 0 Å². The molecule has 0 N–H and O–H groups in total. The number of nitrogens with zero attached hydrogens (tertiary/aromatic N) is 3. The van der Waals surface area contributed by atoms with Gasteiger partial charge in [0.2, 0.25) is 10.0 Å². The normalized spacial score (nSPS) is 16.4. The smallest absolute Gasteiger partial charge is 0.218 e. The molecule has 1 aliphatic heterocycles. The van der Waals surface area contributed by atoms with Gasteiger partial charge in [-0.2, -0.15) is 9.57 Å². The molecule has 3 aromatic carbocycles. The predicted molar refractivity (Wildman–Crippen MR) is 138 cm³/mol. The summed E-state index contributed by atoms with van der Waals surface area (Å²) in [5.41, 5.74) is 4.04. The number of sulfonamides is 1. The standard InChI is InChI=1S/C26H25Cl2N3O2S/c1-19-6-8-20(9-7-19)18-34(32,33)30-13-12-24(17-30)31(16-22-4-2-3-5-25(22)27)23-11-10-21(15-29)26(28)14-23/h2-11,14,24H,12-13,16-18H2,1H3/t24-/m0/s1. The van der Waals surface area contributed by atoms with Crippen molar-refractivity contribution in [1.82, 2.24) is 4.31 Å². The van der Waals surface area contributed by atoms with E-state index in [4.69, 9.17) is 23.2 Å². The van der Waals surface area contributed by atoms with Crippen LogP contribution in [-0.2, 0) is 22.3 Å². The highest BCUT2D eigenvalue weighted by atomic mass is 35.5. The first-order valence-corrected chi connectivity index (χ1v) is 13.4. The quantitative estimate of drug-likeness (QED) is 0.401. The molecule has 176 valence electrons. The Morgan fingerprint density at radius 2 is 1.79 bits per heavy atom. The van der Waals surface area contributed by atoms with Gasteiger partial charge in [0, 0.05) is 36.4 Å². The van der Waals surface area contributed by atoms with Gasteiger partial charge in [0.1, 0.15) is 6.07 Å². The first-order valence-electron chi connectivity index (χ1n) is 11.0. The monoisotopic (exact) mass is 513 g/mol. The molecule has 0 saturated carbocycles. The van der Waals surface area contributed by atoms with Crippen LogP contribution in [0.5, 0.6) is 0 Å². The molecule has 4 rings (SSSR count). The van der Waals surface area contributed by atoms with E-state index in [2.05, 4.69) is 11.0 Å². The van der Waals surface area contributed by atoms with E-state index in [1.54, 1.807) is 16.4 Å². The van der Waals surface area contributed by atoms with Gasteiger partial charge in [-0.1, -0.05) is 71.2 Å². The van der Waals surface area contributed by atoms with E-state index in [0.717, 1.165) is 22.4 Å². The molecule has 0 bridgehead atoms. The van der Waals surface area contributed by atoms with Crippen LogP contribution in [0.25, 0.3) is 0 Å². The topological polar surface area (TPSA) is 64.4 Å². The van der Waals surface area contributed by atoms with E-state index in [0.29, 0.717) is 41.7 Å². The van der Waals surface area contributed by atoms with Gasteiger partial charge in [0.25, 0.3) is 0 Å². The minimum atomic E-state index is -3.46. The lowest BCUT2D eigenvalue weighted by atomic mass is 10.1. The van der Waals surface area contributed by atoms with Crippen molar-refractivity contribution in [2.75, 3.05) is 18.0 Å². The van der Waals surface area contributed by atoms with Crippen molar-refractivity contribution in [1.29, 1.82) is 5.26 Å². The highest BCUT2D eigenvalue weighted by molar-refractivity contribution is 7.88. The number of rotatable bonds is 7. The van der Waals surface area contributed by atoms with Crippen molar-refractivity contribution < 1.29 is 8.42 Å². The Balaban J connectivity index is 1.59. The van der Waals surface area contributed by atoms with Crippen LogP contribution in [-0.4, -0.2) is 31.9 Å². The van der Waals surface area contributed by atoms with Gasteiger partial charge in [0.05, 0.1) is 16.3 Å². The Morgan fingerprint density at radius 1 is 1.06 bits per heavy atom. The lowest BCUT2D eigenvalue weighted by Crippen LogP contribution is -2.39. The summed E-state index contributed by atoms with van der Waals surface area (Å²) in [5, 5.41) is 10.3. The third-order valence-corrected chi connectivity index (χ3v) is 8.63. The van der Waals surface area contributed by atoms with Crippen molar-refractivity contribution in [2.45, 2.75) is 31.7 Å². The van der Waals surface area contributed by atoms with E-state index < -0.39 is 10.0 Å². The number of nitriles is 1. The first kappa shape index (κ1) is 24.6. The fraction of sp³-hybridized carbons (Fsp3) is 0.269. The molecule has 1 aliphatic rings. The predicted octanol–water partition coefficient (Wildman–Crippen LogP) is 5.78. The largest absolute Gasteiger partial charge is 0.363 e. The van der Waals surface area contributed by atoms with Crippen molar-refractivity contribution in [3.63, 3.8) is 0 Å². The van der Waals surface area contributed by atoms with E-state index in [-0.39, 0.29) is 11.8 Å². The molecule has 1 saturated heterocycles. The van der Waals surface area contributed by atoms with Crippen LogP contribution in [0, 0.1) is 18.3 Å². The van der Waals surface area contributed by atoms with Crippen LogP contribution in [0.2, 0.25) is 10.0 Å². The molecule has 8 heteroatoms. The maximum Gasteiger partial charge on any atom is 0.218 e. The van der Waals surface area contributed by atoms with Crippen LogP contribution in [0.3, 0.4) is 0 Å². The number of benzene rings is 3. The Hall–Kier alpha value is -2.56. The molecule has 1 heterocycles. The second-order valence-electron chi connectivity index (χ2n) is 8.54. The van der Waals surface area contributed by atoms with Gasteiger partial charge in [0.15, 0.2) is 0 Å². The van der Waals surface area contributed by atoms with Gasteiger partial charge < -0.3 is 4.90 Å². The molecule has 0 aliphatic carbocycles. The van der Waals surface area contributed by atoms with Gasteiger partial charge in [-0.3, -0.25) is 0 Å². The minimum Gasteiger partial charge on any atom is -0.363 e. The third kappa shape index (κ3) is 5.56. The molecular weight excluding hydrogens is 489 g/mol. The lowest BCUT2D eigenvalue weighted by Gasteiger charge is -2.32. The summed E-state index contributed by atoms with van der Waals surface area (Å²) >= 11 is 12.8. The van der Waals surface area contributed by atoms with Crippen LogP contribution >= 0.6 is 23.2 Å². The molecule has 34 heavy (non-hydrogen) atoms. The molecule has 0 aromatic heterocycles. The van der Waals surface area contributed by atoms with Crippen molar-refractivity contribution >= 4 is 38.9 Å². The first-order chi connectivity index (χ1) is 16.3. The molecule has 0 spiro atoms. The summed E-state index contributed by atoms with van der Waals surface area (Å²) in [6.45, 7) is 3.29. The molecule has 5 nitrogen and oxygen atoms in total. The second-order valence-corrected chi connectivity index (χ2v) is 11.3. The van der Waals surface area contributed by atoms with Gasteiger partial charge >= 0.3 is 0 Å². The maximum absolute atomic E-state index is 13.2. The van der Waals surface area contributed by atoms with E-state index in [9.17, 15) is 13.7 Å². The Kier molecular flexibility index (Phi) is 7.49. The van der Waals surface area contributed by atoms with Gasteiger partial charge in [-0.25, -0.2) is 8.42 Å². The van der Waals surface area contributed by atoms with Crippen molar-refractivity contribution in [3.05, 3.63) is 99.0 Å². The molecule has 3 aromatic rings. The number of aryl methyl sites for hydroxylation is 1. The summed E-state index contributed by atoms with van der Waals surface area (Å²) in [5.74, 6) is -0.0206. The van der Waals surface area contributed by atoms with Crippen LogP contribution in [0.15, 0.2) is 66.7 Å². The molecule has 1 atom stereocenters. The van der Waals surface area contributed by atoms with Crippen LogP contribution in [0.1, 0.15) is 28.7 Å². The van der Waals surface area contributed by atoms with Crippen LogP contribution < -0.4 is 4.90 Å². The Labute approximate surface area is 211 Å². The van der Waals surface area contributed by atoms with Crippen molar-refractivity contribution in [2.24, 2.45) is 0 Å². The summed E-state index contributed by atoms with van der Waals surface area (Å²) in [4.78, 5) is 2.13. The number of anilines is 1. The fourth-order valence-corrected chi connectivity index (χ4v) is 6.21. The number of hydrogen-bond donors (Lipinski definition) is 0. The average molecular weight is 514 g/mol. The fourth-order valence-electron chi connectivity index (χ4n) is 4.22. The number of halogens is 2. The lowest BCUT2D eigenvalue weighted by molar-refractivity contribution is 0.467. The Bertz CT molecular complexity index is 1320. The third-order valence-electron chi connectivity index (χ3n) is 6.13. The molecule has 1 fully saturated rings. The van der Waals surface area contributed by atoms with E-state index in [1.807, 2.05) is 61.5 Å². The number of hydrogen-bond acceptors (Lipinski definition) is 4. The molecule has 0 amide bonds. The zero-order chi connectivity index (χ0) is 24.3. The SMILES string of the molecule is Cc1ccc(CS(=O)(=O)N2CC[C@H](N(Cc3ccccc3Cl)c3ccc(C#N)c(Cl)c3)C2)cc1.